The third kappa shape index (κ3) is 2.36. The molecule has 1 N–H and O–H groups in total. The molecule has 76 valence electrons. The van der Waals surface area contributed by atoms with Crippen LogP contribution in [0.3, 0.4) is 0 Å². The molecule has 1 aromatic carbocycles. The summed E-state index contributed by atoms with van der Waals surface area (Å²) < 4.78 is 0. The van der Waals surface area contributed by atoms with Gasteiger partial charge in [0.1, 0.15) is 0 Å². The largest absolute Gasteiger partial charge is 0.309 e. The summed E-state index contributed by atoms with van der Waals surface area (Å²) in [6, 6.07) is 11.5. The van der Waals surface area contributed by atoms with Crippen molar-refractivity contribution in [3.63, 3.8) is 0 Å². The van der Waals surface area contributed by atoms with E-state index >= 15 is 0 Å². The van der Waals surface area contributed by atoms with Gasteiger partial charge in [-0.1, -0.05) is 30.3 Å². The zero-order valence-corrected chi connectivity index (χ0v) is 9.25. The van der Waals surface area contributed by atoms with Gasteiger partial charge in [0.25, 0.3) is 0 Å². The standard InChI is InChI=1S/C13H19N/c1-13(2,3)14-12-9-11(12)10-7-5-4-6-8-10/h4-8,11-12,14H,9H2,1-3H3/t11-,12+/m0/s1. The van der Waals surface area contributed by atoms with E-state index in [-0.39, 0.29) is 5.54 Å². The van der Waals surface area contributed by atoms with E-state index in [9.17, 15) is 0 Å². The molecule has 2 atom stereocenters. The van der Waals surface area contributed by atoms with Gasteiger partial charge in [0.15, 0.2) is 0 Å². The molecule has 1 nitrogen and oxygen atoms in total. The Morgan fingerprint density at radius 3 is 2.36 bits per heavy atom. The van der Waals surface area contributed by atoms with E-state index in [1.165, 1.54) is 12.0 Å². The lowest BCUT2D eigenvalue weighted by molar-refractivity contribution is 0.418. The average molecular weight is 189 g/mol. The van der Waals surface area contributed by atoms with Crippen LogP contribution in [0.15, 0.2) is 30.3 Å². The smallest absolute Gasteiger partial charge is 0.0148 e. The highest BCUT2D eigenvalue weighted by Crippen LogP contribution is 2.41. The third-order valence-corrected chi connectivity index (χ3v) is 2.64. The monoisotopic (exact) mass is 189 g/mol. The molecule has 14 heavy (non-hydrogen) atoms. The second-order valence-corrected chi connectivity index (χ2v) is 5.25. The van der Waals surface area contributed by atoms with Gasteiger partial charge in [-0.2, -0.15) is 0 Å². The topological polar surface area (TPSA) is 12.0 Å². The van der Waals surface area contributed by atoms with Gasteiger partial charge in [-0.15, -0.1) is 0 Å². The van der Waals surface area contributed by atoms with Gasteiger partial charge in [-0.05, 0) is 32.8 Å². The molecule has 0 saturated heterocycles. The number of hydrogen-bond donors (Lipinski definition) is 1. The predicted molar refractivity (Wildman–Crippen MR) is 60.5 cm³/mol. The zero-order chi connectivity index (χ0) is 10.2. The van der Waals surface area contributed by atoms with Crippen LogP contribution in [0.1, 0.15) is 38.7 Å². The van der Waals surface area contributed by atoms with Crippen LogP contribution in [-0.4, -0.2) is 11.6 Å². The molecular formula is C13H19N. The molecule has 0 spiro atoms. The number of nitrogens with one attached hydrogen (secondary N) is 1. The Morgan fingerprint density at radius 2 is 1.79 bits per heavy atom. The predicted octanol–water partition coefficient (Wildman–Crippen LogP) is 2.93. The Bertz CT molecular complexity index is 297. The lowest BCUT2D eigenvalue weighted by atomic mass is 10.1. The normalized spacial score (nSPS) is 26.2. The summed E-state index contributed by atoms with van der Waals surface area (Å²) in [4.78, 5) is 0. The van der Waals surface area contributed by atoms with Crippen LogP contribution in [-0.2, 0) is 0 Å². The zero-order valence-electron chi connectivity index (χ0n) is 9.25. The van der Waals surface area contributed by atoms with Gasteiger partial charge in [0, 0.05) is 17.5 Å². The molecule has 1 fully saturated rings. The first-order valence-electron chi connectivity index (χ1n) is 5.39. The molecule has 0 unspecified atom stereocenters. The number of rotatable bonds is 2. The van der Waals surface area contributed by atoms with Crippen LogP contribution in [0.4, 0.5) is 0 Å². The van der Waals surface area contributed by atoms with E-state index < -0.39 is 0 Å². The van der Waals surface area contributed by atoms with Gasteiger partial charge >= 0.3 is 0 Å². The minimum atomic E-state index is 0.244. The average Bonchev–Trinajstić information content (AvgIpc) is 2.82. The van der Waals surface area contributed by atoms with Crippen molar-refractivity contribution in [1.82, 2.24) is 5.32 Å². The van der Waals surface area contributed by atoms with Gasteiger partial charge in [0.05, 0.1) is 0 Å². The quantitative estimate of drug-likeness (QED) is 0.754. The van der Waals surface area contributed by atoms with Crippen molar-refractivity contribution in [2.24, 2.45) is 0 Å². The highest BCUT2D eigenvalue weighted by atomic mass is 15.0. The first-order valence-corrected chi connectivity index (χ1v) is 5.39. The molecule has 0 amide bonds. The summed E-state index contributed by atoms with van der Waals surface area (Å²) in [7, 11) is 0. The second kappa shape index (κ2) is 3.39. The van der Waals surface area contributed by atoms with Crippen molar-refractivity contribution in [2.45, 2.75) is 44.7 Å². The Morgan fingerprint density at radius 1 is 1.14 bits per heavy atom. The molecule has 0 heterocycles. The highest BCUT2D eigenvalue weighted by Gasteiger charge is 2.39. The Labute approximate surface area is 86.5 Å². The van der Waals surface area contributed by atoms with Crippen LogP contribution < -0.4 is 5.32 Å². The second-order valence-electron chi connectivity index (χ2n) is 5.25. The Balaban J connectivity index is 1.94. The maximum Gasteiger partial charge on any atom is 0.0148 e. The van der Waals surface area contributed by atoms with E-state index in [0.29, 0.717) is 6.04 Å². The fraction of sp³-hybridized carbons (Fsp3) is 0.538. The molecule has 0 aliphatic heterocycles. The van der Waals surface area contributed by atoms with Crippen LogP contribution in [0.2, 0.25) is 0 Å². The summed E-state index contributed by atoms with van der Waals surface area (Å²) in [6.45, 7) is 6.69. The molecule has 0 bridgehead atoms. The van der Waals surface area contributed by atoms with Crippen molar-refractivity contribution in [1.29, 1.82) is 0 Å². The first-order chi connectivity index (χ1) is 6.56. The molecule has 0 aromatic heterocycles. The van der Waals surface area contributed by atoms with Gasteiger partial charge in [-0.25, -0.2) is 0 Å². The molecule has 1 aliphatic carbocycles. The Hall–Kier alpha value is -0.820. The van der Waals surface area contributed by atoms with Crippen molar-refractivity contribution in [2.75, 3.05) is 0 Å². The number of hydrogen-bond acceptors (Lipinski definition) is 1. The van der Waals surface area contributed by atoms with E-state index in [1.807, 2.05) is 0 Å². The van der Waals surface area contributed by atoms with Crippen molar-refractivity contribution >= 4 is 0 Å². The SMILES string of the molecule is CC(C)(C)N[C@@H]1C[C@H]1c1ccccc1. The van der Waals surface area contributed by atoms with E-state index in [0.717, 1.165) is 5.92 Å². The van der Waals surface area contributed by atoms with Crippen LogP contribution in [0.25, 0.3) is 0 Å². The fourth-order valence-corrected chi connectivity index (χ4v) is 1.98. The molecule has 1 aromatic rings. The summed E-state index contributed by atoms with van der Waals surface area (Å²) >= 11 is 0. The number of benzene rings is 1. The highest BCUT2D eigenvalue weighted by molar-refractivity contribution is 5.27. The van der Waals surface area contributed by atoms with E-state index in [4.69, 9.17) is 0 Å². The molecule has 2 rings (SSSR count). The summed E-state index contributed by atoms with van der Waals surface area (Å²) in [5.74, 6) is 0.746. The molecule has 1 heteroatoms. The van der Waals surface area contributed by atoms with Gasteiger partial charge in [0.2, 0.25) is 0 Å². The van der Waals surface area contributed by atoms with Crippen LogP contribution in [0, 0.1) is 0 Å². The minimum absolute atomic E-state index is 0.244. The molecule has 1 saturated carbocycles. The van der Waals surface area contributed by atoms with Crippen LogP contribution >= 0.6 is 0 Å². The van der Waals surface area contributed by atoms with Crippen molar-refractivity contribution in [3.8, 4) is 0 Å². The summed E-state index contributed by atoms with van der Waals surface area (Å²) in [6.07, 6.45) is 1.29. The summed E-state index contributed by atoms with van der Waals surface area (Å²) in [5.41, 5.74) is 1.73. The van der Waals surface area contributed by atoms with Gasteiger partial charge < -0.3 is 5.32 Å². The van der Waals surface area contributed by atoms with Crippen LogP contribution in [0.5, 0.6) is 0 Å². The lowest BCUT2D eigenvalue weighted by Crippen LogP contribution is -2.38. The van der Waals surface area contributed by atoms with Gasteiger partial charge in [-0.3, -0.25) is 0 Å². The minimum Gasteiger partial charge on any atom is -0.309 e. The first kappa shape index (κ1) is 9.72. The maximum atomic E-state index is 3.64. The van der Waals surface area contributed by atoms with E-state index in [2.05, 4.69) is 56.4 Å². The van der Waals surface area contributed by atoms with Crippen molar-refractivity contribution < 1.29 is 0 Å². The molecule has 0 radical (unpaired) electrons. The third-order valence-electron chi connectivity index (χ3n) is 2.64. The molecular weight excluding hydrogens is 170 g/mol. The van der Waals surface area contributed by atoms with E-state index in [1.54, 1.807) is 0 Å². The Kier molecular flexibility index (Phi) is 2.36. The maximum absolute atomic E-state index is 3.64. The summed E-state index contributed by atoms with van der Waals surface area (Å²) in [5, 5.41) is 3.64. The lowest BCUT2D eigenvalue weighted by Gasteiger charge is -2.20. The van der Waals surface area contributed by atoms with Crippen molar-refractivity contribution in [3.05, 3.63) is 35.9 Å². The molecule has 1 aliphatic rings. The fourth-order valence-electron chi connectivity index (χ4n) is 1.98.